The van der Waals surface area contributed by atoms with E-state index in [1.807, 2.05) is 6.92 Å². The number of unbranched alkanes of at least 4 members (excludes halogenated alkanes) is 16. The molecule has 0 spiro atoms. The van der Waals surface area contributed by atoms with Gasteiger partial charge in [0.15, 0.2) is 0 Å². The van der Waals surface area contributed by atoms with Gasteiger partial charge in [-0.15, -0.1) is 0 Å². The van der Waals surface area contributed by atoms with Crippen LogP contribution in [0.3, 0.4) is 0 Å². The SMILES string of the molecule is CCCCCCCC/C=C\CCCCCCCCCCCCC(C(C)[P+](=O)[O-])[N+](C)(C)C. The largest absolute Gasteiger partial charge is 0.595 e. The minimum absolute atomic E-state index is 0.210. The van der Waals surface area contributed by atoms with Crippen LogP contribution in [0.15, 0.2) is 12.2 Å². The molecule has 4 heteroatoms. The van der Waals surface area contributed by atoms with Crippen LogP contribution in [0.1, 0.15) is 136 Å². The van der Waals surface area contributed by atoms with E-state index in [-0.39, 0.29) is 11.7 Å². The van der Waals surface area contributed by atoms with Crippen molar-refractivity contribution in [2.45, 2.75) is 148 Å². The average Bonchev–Trinajstić information content (AvgIpc) is 2.73. The lowest BCUT2D eigenvalue weighted by molar-refractivity contribution is -0.896. The summed E-state index contributed by atoms with van der Waals surface area (Å²) in [5.41, 5.74) is -0.235. The minimum Gasteiger partial charge on any atom is -0.595 e. The number of hydrogen-bond donors (Lipinski definition) is 0. The van der Waals surface area contributed by atoms with Gasteiger partial charge in [0.05, 0.1) is 21.1 Å². The Morgan fingerprint density at radius 3 is 1.44 bits per heavy atom. The first kappa shape index (κ1) is 31.8. The number of nitrogens with zero attached hydrogens (tertiary/aromatic N) is 1. The molecule has 0 N–H and O–H groups in total. The summed E-state index contributed by atoms with van der Waals surface area (Å²) in [6.45, 7) is 4.15. The van der Waals surface area contributed by atoms with E-state index >= 15 is 0 Å². The number of hydrogen-bond acceptors (Lipinski definition) is 2. The predicted octanol–water partition coefficient (Wildman–Crippen LogP) is 8.54. The van der Waals surface area contributed by atoms with Crippen LogP contribution in [0, 0.1) is 0 Å². The molecule has 0 aliphatic rings. The molecule has 0 saturated carbocycles. The number of quaternary nitrogens is 1. The molecule has 190 valence electrons. The van der Waals surface area contributed by atoms with E-state index in [4.69, 9.17) is 0 Å². The fourth-order valence-corrected chi connectivity index (χ4v) is 5.55. The van der Waals surface area contributed by atoms with E-state index in [1.54, 1.807) is 0 Å². The second-order valence-electron chi connectivity index (χ2n) is 10.9. The van der Waals surface area contributed by atoms with Crippen molar-refractivity contribution in [3.8, 4) is 0 Å². The maximum atomic E-state index is 11.4. The fourth-order valence-electron chi connectivity index (χ4n) is 4.72. The molecular formula is C28H57NO2P+. The normalized spacial score (nSPS) is 14.8. The van der Waals surface area contributed by atoms with Crippen molar-refractivity contribution < 1.29 is 13.9 Å². The van der Waals surface area contributed by atoms with Crippen molar-refractivity contribution in [2.75, 3.05) is 21.1 Å². The molecule has 0 aromatic carbocycles. The molecule has 0 amide bonds. The average molecular weight is 471 g/mol. The maximum absolute atomic E-state index is 11.4. The van der Waals surface area contributed by atoms with Gasteiger partial charge in [-0.3, -0.25) is 0 Å². The third kappa shape index (κ3) is 19.2. The zero-order valence-electron chi connectivity index (χ0n) is 22.5. The monoisotopic (exact) mass is 470 g/mol. The summed E-state index contributed by atoms with van der Waals surface area (Å²) in [6, 6.07) is 0.210. The Morgan fingerprint density at radius 2 is 1.06 bits per heavy atom. The Bertz CT molecular complexity index is 459. The quantitative estimate of drug-likeness (QED) is 0.0649. The molecule has 0 aliphatic carbocycles. The first-order chi connectivity index (χ1) is 15.3. The highest BCUT2D eigenvalue weighted by Crippen LogP contribution is 2.29. The van der Waals surface area contributed by atoms with Crippen molar-refractivity contribution in [2.24, 2.45) is 0 Å². The van der Waals surface area contributed by atoms with E-state index < -0.39 is 8.03 Å². The Kier molecular flexibility index (Phi) is 21.1. The lowest BCUT2D eigenvalue weighted by Gasteiger charge is -2.34. The third-order valence-electron chi connectivity index (χ3n) is 6.90. The smallest absolute Gasteiger partial charge is 0.318 e. The van der Waals surface area contributed by atoms with Crippen molar-refractivity contribution in [3.05, 3.63) is 12.2 Å². The van der Waals surface area contributed by atoms with Crippen LogP contribution in [0.25, 0.3) is 0 Å². The zero-order valence-corrected chi connectivity index (χ0v) is 23.3. The summed E-state index contributed by atoms with van der Waals surface area (Å²) in [6.07, 6.45) is 30.0. The molecule has 0 saturated heterocycles. The molecule has 0 aliphatic heterocycles. The zero-order chi connectivity index (χ0) is 24.1. The van der Waals surface area contributed by atoms with Gasteiger partial charge in [-0.25, -0.2) is 0 Å². The molecule has 3 unspecified atom stereocenters. The van der Waals surface area contributed by atoms with Crippen LogP contribution in [-0.4, -0.2) is 37.3 Å². The van der Waals surface area contributed by atoms with E-state index in [0.29, 0.717) is 0 Å². The van der Waals surface area contributed by atoms with Crippen LogP contribution in [0.2, 0.25) is 0 Å². The molecule has 0 aromatic rings. The van der Waals surface area contributed by atoms with Gasteiger partial charge in [0.1, 0.15) is 6.04 Å². The molecule has 0 heterocycles. The second-order valence-corrected chi connectivity index (χ2v) is 12.2. The number of allylic oxidation sites excluding steroid dienone is 2. The molecule has 3 atom stereocenters. The summed E-state index contributed by atoms with van der Waals surface area (Å²) in [4.78, 5) is 11.4. The molecule has 0 radical (unpaired) electrons. The highest BCUT2D eigenvalue weighted by Gasteiger charge is 2.36. The van der Waals surface area contributed by atoms with E-state index in [0.717, 1.165) is 17.3 Å². The van der Waals surface area contributed by atoms with Gasteiger partial charge in [-0.05, 0) is 39.0 Å². The molecule has 3 nitrogen and oxygen atoms in total. The summed E-state index contributed by atoms with van der Waals surface area (Å²) in [7, 11) is 4.02. The van der Waals surface area contributed by atoms with Gasteiger partial charge >= 0.3 is 8.03 Å². The predicted molar refractivity (Wildman–Crippen MR) is 141 cm³/mol. The van der Waals surface area contributed by atoms with Crippen molar-refractivity contribution in [1.29, 1.82) is 0 Å². The summed E-state index contributed by atoms with van der Waals surface area (Å²) in [5.74, 6) is 0. The Labute approximate surface area is 202 Å². The summed E-state index contributed by atoms with van der Waals surface area (Å²) < 4.78 is 12.2. The van der Waals surface area contributed by atoms with Crippen molar-refractivity contribution in [3.63, 3.8) is 0 Å². The van der Waals surface area contributed by atoms with E-state index in [1.165, 1.54) is 109 Å². The highest BCUT2D eigenvalue weighted by molar-refractivity contribution is 7.37. The lowest BCUT2D eigenvalue weighted by Crippen LogP contribution is -2.50. The van der Waals surface area contributed by atoms with Gasteiger partial charge in [0.2, 0.25) is 5.66 Å². The number of rotatable bonds is 23. The summed E-state index contributed by atoms with van der Waals surface area (Å²) in [5, 5.41) is 0. The van der Waals surface area contributed by atoms with Crippen molar-refractivity contribution in [1.82, 2.24) is 0 Å². The van der Waals surface area contributed by atoms with Gasteiger partial charge in [-0.1, -0.05) is 107 Å². The Hall–Kier alpha value is -0.240. The van der Waals surface area contributed by atoms with Crippen LogP contribution >= 0.6 is 8.03 Å². The Balaban J connectivity index is 3.45. The third-order valence-corrected chi connectivity index (χ3v) is 7.91. The standard InChI is InChI=1S/C28H57NO2P/c1-6-7-8-9-10-11-12-13-14-15-16-17-18-19-20-21-22-23-24-25-26-28(29(3,4)5)27(2)32(30)31/h13-14,27-28H,6-12,15-26H2,1-5H3/q+1/b14-13-. The van der Waals surface area contributed by atoms with Crippen LogP contribution < -0.4 is 4.89 Å². The Morgan fingerprint density at radius 1 is 0.688 bits per heavy atom. The van der Waals surface area contributed by atoms with Crippen molar-refractivity contribution >= 4 is 8.03 Å². The van der Waals surface area contributed by atoms with Crippen LogP contribution in [0.4, 0.5) is 0 Å². The van der Waals surface area contributed by atoms with Gasteiger partial charge in [-0.2, -0.15) is 0 Å². The molecule has 32 heavy (non-hydrogen) atoms. The maximum Gasteiger partial charge on any atom is 0.318 e. The fraction of sp³-hybridized carbons (Fsp3) is 0.929. The van der Waals surface area contributed by atoms with Crippen LogP contribution in [-0.2, 0) is 4.57 Å². The van der Waals surface area contributed by atoms with E-state index in [2.05, 4.69) is 40.2 Å². The first-order valence-electron chi connectivity index (χ1n) is 13.9. The summed E-state index contributed by atoms with van der Waals surface area (Å²) >= 11 is 0. The van der Waals surface area contributed by atoms with Gasteiger partial charge < -0.3 is 9.38 Å². The van der Waals surface area contributed by atoms with Crippen LogP contribution in [0.5, 0.6) is 0 Å². The molecule has 0 bridgehead atoms. The molecule has 0 fully saturated rings. The minimum atomic E-state index is -2.33. The first-order valence-corrected chi connectivity index (χ1v) is 15.1. The van der Waals surface area contributed by atoms with Gasteiger partial charge in [0.25, 0.3) is 0 Å². The van der Waals surface area contributed by atoms with E-state index in [9.17, 15) is 9.46 Å². The second kappa shape index (κ2) is 21.3. The molecular weight excluding hydrogens is 413 g/mol. The highest BCUT2D eigenvalue weighted by atomic mass is 31.1. The lowest BCUT2D eigenvalue weighted by atomic mass is 10.0. The molecule has 0 aromatic heterocycles. The van der Waals surface area contributed by atoms with Gasteiger partial charge in [0, 0.05) is 6.42 Å². The topological polar surface area (TPSA) is 40.1 Å². The molecule has 0 rings (SSSR count).